The van der Waals surface area contributed by atoms with E-state index in [1.54, 1.807) is 0 Å². The highest BCUT2D eigenvalue weighted by atomic mass is 16.5. The Balaban J connectivity index is 1.65. The largest absolute Gasteiger partial charge is 0.375 e. The number of nitrogens with one attached hydrogen (secondary N) is 1. The first-order chi connectivity index (χ1) is 10.3. The fourth-order valence-electron chi connectivity index (χ4n) is 4.23. The van der Waals surface area contributed by atoms with E-state index in [1.807, 2.05) is 12.4 Å². The molecule has 1 aromatic heterocycles. The lowest BCUT2D eigenvalue weighted by atomic mass is 9.73. The minimum atomic E-state index is 0.203. The van der Waals surface area contributed by atoms with Gasteiger partial charge in [0.05, 0.1) is 5.60 Å². The van der Waals surface area contributed by atoms with Gasteiger partial charge >= 0.3 is 0 Å². The molecule has 1 saturated heterocycles. The summed E-state index contributed by atoms with van der Waals surface area (Å²) in [5, 5.41) is 3.57. The molecule has 0 radical (unpaired) electrons. The summed E-state index contributed by atoms with van der Waals surface area (Å²) in [6.07, 6.45) is 14.0. The number of hydrogen-bond donors (Lipinski definition) is 1. The van der Waals surface area contributed by atoms with Gasteiger partial charge in [0.2, 0.25) is 0 Å². The number of aromatic nitrogens is 1. The highest BCUT2D eigenvalue weighted by Gasteiger charge is 2.40. The first-order valence-electron chi connectivity index (χ1n) is 8.51. The molecule has 1 aromatic rings. The first kappa shape index (κ1) is 15.0. The highest BCUT2D eigenvalue weighted by Crippen LogP contribution is 2.41. The van der Waals surface area contributed by atoms with Crippen LogP contribution in [-0.4, -0.2) is 30.3 Å². The molecular formula is C18H28N2O. The van der Waals surface area contributed by atoms with Gasteiger partial charge in [0.1, 0.15) is 0 Å². The first-order valence-corrected chi connectivity index (χ1v) is 8.51. The molecule has 1 aliphatic heterocycles. The molecule has 2 aliphatic rings. The quantitative estimate of drug-likeness (QED) is 0.922. The van der Waals surface area contributed by atoms with E-state index in [2.05, 4.69) is 29.5 Å². The van der Waals surface area contributed by atoms with Gasteiger partial charge in [-0.25, -0.2) is 0 Å². The molecule has 0 bridgehead atoms. The van der Waals surface area contributed by atoms with E-state index in [9.17, 15) is 0 Å². The maximum Gasteiger partial charge on any atom is 0.0685 e. The molecule has 0 amide bonds. The molecule has 1 N–H and O–H groups in total. The van der Waals surface area contributed by atoms with Gasteiger partial charge < -0.3 is 10.1 Å². The molecule has 3 rings (SSSR count). The smallest absolute Gasteiger partial charge is 0.0685 e. The van der Waals surface area contributed by atoms with Crippen LogP contribution < -0.4 is 5.32 Å². The van der Waals surface area contributed by atoms with E-state index in [-0.39, 0.29) is 5.60 Å². The number of hydrogen-bond acceptors (Lipinski definition) is 3. The normalized spacial score (nSPS) is 26.6. The second kappa shape index (κ2) is 6.89. The van der Waals surface area contributed by atoms with E-state index in [0.717, 1.165) is 18.9 Å². The standard InChI is InChI=1S/C18H28N2O/c1-19-17(13-15-5-10-20-11-6-15)16-7-12-21-18(14-16)8-3-2-4-9-18/h5-6,10-11,16-17,19H,2-4,7-9,12-14H2,1H3. The molecule has 1 saturated carbocycles. The lowest BCUT2D eigenvalue weighted by Crippen LogP contribution is -2.47. The van der Waals surface area contributed by atoms with Gasteiger partial charge in [-0.05, 0) is 62.8 Å². The Morgan fingerprint density at radius 1 is 1.29 bits per heavy atom. The van der Waals surface area contributed by atoms with E-state index in [1.165, 1.54) is 50.5 Å². The van der Waals surface area contributed by atoms with Crippen molar-refractivity contribution in [2.75, 3.05) is 13.7 Å². The van der Waals surface area contributed by atoms with E-state index < -0.39 is 0 Å². The van der Waals surface area contributed by atoms with E-state index in [4.69, 9.17) is 4.74 Å². The zero-order valence-corrected chi connectivity index (χ0v) is 13.2. The summed E-state index contributed by atoms with van der Waals surface area (Å²) in [6.45, 7) is 0.944. The van der Waals surface area contributed by atoms with Crippen molar-refractivity contribution in [3.63, 3.8) is 0 Å². The van der Waals surface area contributed by atoms with E-state index >= 15 is 0 Å². The second-order valence-electron chi connectivity index (χ2n) is 6.80. The van der Waals surface area contributed by atoms with Crippen LogP contribution in [0.2, 0.25) is 0 Å². The molecule has 2 unspecified atom stereocenters. The molecule has 3 heteroatoms. The molecule has 1 aliphatic carbocycles. The van der Waals surface area contributed by atoms with Crippen molar-refractivity contribution in [3.05, 3.63) is 30.1 Å². The Morgan fingerprint density at radius 2 is 2.05 bits per heavy atom. The number of ether oxygens (including phenoxy) is 1. The van der Waals surface area contributed by atoms with Crippen LogP contribution in [0.1, 0.15) is 50.5 Å². The fraction of sp³-hybridized carbons (Fsp3) is 0.722. The average Bonchev–Trinajstić information content (AvgIpc) is 2.54. The third kappa shape index (κ3) is 3.64. The highest BCUT2D eigenvalue weighted by molar-refractivity contribution is 5.12. The lowest BCUT2D eigenvalue weighted by Gasteiger charge is -2.45. The van der Waals surface area contributed by atoms with Crippen LogP contribution in [-0.2, 0) is 11.2 Å². The van der Waals surface area contributed by atoms with Crippen LogP contribution in [0.15, 0.2) is 24.5 Å². The second-order valence-corrected chi connectivity index (χ2v) is 6.80. The van der Waals surface area contributed by atoms with Gasteiger partial charge in [0, 0.05) is 25.0 Å². The zero-order chi connectivity index (χ0) is 14.5. The molecular weight excluding hydrogens is 260 g/mol. The monoisotopic (exact) mass is 288 g/mol. The Labute approximate surface area is 128 Å². The van der Waals surface area contributed by atoms with Gasteiger partial charge in [0.25, 0.3) is 0 Å². The Kier molecular flexibility index (Phi) is 4.91. The fourth-order valence-corrected chi connectivity index (χ4v) is 4.23. The van der Waals surface area contributed by atoms with Crippen molar-refractivity contribution < 1.29 is 4.74 Å². The summed E-state index contributed by atoms with van der Waals surface area (Å²) in [5.41, 5.74) is 1.59. The van der Waals surface area contributed by atoms with Gasteiger partial charge in [-0.2, -0.15) is 0 Å². The van der Waals surface area contributed by atoms with Crippen LogP contribution in [0.4, 0.5) is 0 Å². The summed E-state index contributed by atoms with van der Waals surface area (Å²) in [7, 11) is 2.11. The predicted molar refractivity (Wildman–Crippen MR) is 85.3 cm³/mol. The Bertz CT molecular complexity index is 423. The van der Waals surface area contributed by atoms with Crippen molar-refractivity contribution in [1.82, 2.24) is 10.3 Å². The number of likely N-dealkylation sites (N-methyl/N-ethyl adjacent to an activating group) is 1. The number of nitrogens with zero attached hydrogens (tertiary/aromatic N) is 1. The molecule has 2 heterocycles. The van der Waals surface area contributed by atoms with Gasteiger partial charge in [-0.15, -0.1) is 0 Å². The van der Waals surface area contributed by atoms with Crippen molar-refractivity contribution in [2.45, 2.75) is 63.0 Å². The molecule has 3 nitrogen and oxygen atoms in total. The molecule has 21 heavy (non-hydrogen) atoms. The molecule has 1 spiro atoms. The average molecular weight is 288 g/mol. The molecule has 2 atom stereocenters. The van der Waals surface area contributed by atoms with Crippen LogP contribution in [0, 0.1) is 5.92 Å². The molecule has 0 aromatic carbocycles. The lowest BCUT2D eigenvalue weighted by molar-refractivity contribution is -0.121. The number of rotatable bonds is 4. The molecule has 2 fully saturated rings. The van der Waals surface area contributed by atoms with Crippen LogP contribution in [0.25, 0.3) is 0 Å². The minimum absolute atomic E-state index is 0.203. The summed E-state index contributed by atoms with van der Waals surface area (Å²) in [5.74, 6) is 0.731. The zero-order valence-electron chi connectivity index (χ0n) is 13.2. The SMILES string of the molecule is CNC(Cc1ccncc1)C1CCOC2(CCCCC2)C1. The summed E-state index contributed by atoms with van der Waals surface area (Å²) >= 11 is 0. The summed E-state index contributed by atoms with van der Waals surface area (Å²) in [6, 6.07) is 4.83. The van der Waals surface area contributed by atoms with Crippen LogP contribution >= 0.6 is 0 Å². The summed E-state index contributed by atoms with van der Waals surface area (Å²) in [4.78, 5) is 4.12. The van der Waals surface area contributed by atoms with Gasteiger partial charge in [0.15, 0.2) is 0 Å². The Hall–Kier alpha value is -0.930. The third-order valence-electron chi connectivity index (χ3n) is 5.44. The van der Waals surface area contributed by atoms with Crippen molar-refractivity contribution in [2.24, 2.45) is 5.92 Å². The third-order valence-corrected chi connectivity index (χ3v) is 5.44. The summed E-state index contributed by atoms with van der Waals surface area (Å²) < 4.78 is 6.24. The van der Waals surface area contributed by atoms with Gasteiger partial charge in [-0.3, -0.25) is 4.98 Å². The van der Waals surface area contributed by atoms with Crippen molar-refractivity contribution in [1.29, 1.82) is 0 Å². The van der Waals surface area contributed by atoms with Crippen LogP contribution in [0.3, 0.4) is 0 Å². The van der Waals surface area contributed by atoms with Crippen LogP contribution in [0.5, 0.6) is 0 Å². The maximum atomic E-state index is 6.24. The predicted octanol–water partition coefficient (Wildman–Crippen LogP) is 3.34. The molecule has 116 valence electrons. The van der Waals surface area contributed by atoms with Crippen molar-refractivity contribution >= 4 is 0 Å². The number of pyridine rings is 1. The van der Waals surface area contributed by atoms with Gasteiger partial charge in [-0.1, -0.05) is 19.3 Å². The maximum absolute atomic E-state index is 6.24. The minimum Gasteiger partial charge on any atom is -0.375 e. The topological polar surface area (TPSA) is 34.2 Å². The van der Waals surface area contributed by atoms with Crippen molar-refractivity contribution in [3.8, 4) is 0 Å². The van der Waals surface area contributed by atoms with E-state index in [0.29, 0.717) is 6.04 Å². The Morgan fingerprint density at radius 3 is 2.76 bits per heavy atom.